The molecule has 2 atom stereocenters. The van der Waals surface area contributed by atoms with Gasteiger partial charge in [0.15, 0.2) is 0 Å². The summed E-state index contributed by atoms with van der Waals surface area (Å²) in [5.41, 5.74) is 1.71. The Balaban J connectivity index is 1.35. The molecular weight excluding hydrogens is 449 g/mol. The zero-order chi connectivity index (χ0) is 22.7. The lowest BCUT2D eigenvalue weighted by atomic mass is 10.0. The fourth-order valence-corrected chi connectivity index (χ4v) is 4.72. The van der Waals surface area contributed by atoms with Gasteiger partial charge < -0.3 is 19.9 Å². The van der Waals surface area contributed by atoms with Crippen LogP contribution in [0.1, 0.15) is 32.6 Å². The summed E-state index contributed by atoms with van der Waals surface area (Å²) in [5, 5.41) is 4.06. The van der Waals surface area contributed by atoms with Crippen LogP contribution in [-0.2, 0) is 9.59 Å². The molecule has 0 radical (unpaired) electrons. The Labute approximate surface area is 198 Å². The number of carbonyl (C=O) groups is 2. The Kier molecular flexibility index (Phi) is 7.11. The molecule has 0 bridgehead atoms. The lowest BCUT2D eigenvalue weighted by Gasteiger charge is -2.33. The van der Waals surface area contributed by atoms with Crippen LogP contribution in [0.3, 0.4) is 0 Å². The van der Waals surface area contributed by atoms with Gasteiger partial charge in [0.25, 0.3) is 0 Å². The largest absolute Gasteiger partial charge is 0.487 e. The first-order chi connectivity index (χ1) is 15.4. The molecular formula is C24H27Cl2N3O3. The Hall–Kier alpha value is -2.44. The second-order valence-electron chi connectivity index (χ2n) is 8.31. The highest BCUT2D eigenvalue weighted by Gasteiger charge is 2.30. The molecule has 1 N–H and O–H groups in total. The molecule has 2 heterocycles. The number of nitrogens with zero attached hydrogens (tertiary/aromatic N) is 2. The maximum absolute atomic E-state index is 12.8. The molecule has 2 saturated heterocycles. The quantitative estimate of drug-likeness (QED) is 0.661. The standard InChI is InChI=1S/C24H27Cl2N3O3/c1-16(30)29-12-3-2-4-22(29)24(31)27-18-7-10-23(21(26)14-18)32-20-11-13-28(15-20)19-8-5-17(25)6-9-19/h5-10,14,20,22H,2-4,11-13,15H2,1H3,(H,27,31)/t20-,22+/m0/s1. The van der Waals surface area contributed by atoms with Crippen molar-refractivity contribution >= 4 is 46.4 Å². The predicted molar refractivity (Wildman–Crippen MR) is 128 cm³/mol. The second kappa shape index (κ2) is 10.0. The number of anilines is 2. The molecule has 2 aromatic rings. The van der Waals surface area contributed by atoms with Gasteiger partial charge in [-0.25, -0.2) is 0 Å². The molecule has 0 aromatic heterocycles. The average molecular weight is 476 g/mol. The molecule has 0 saturated carbocycles. The van der Waals surface area contributed by atoms with E-state index in [1.165, 1.54) is 6.92 Å². The number of piperidine rings is 1. The molecule has 6 nitrogen and oxygen atoms in total. The first-order valence-corrected chi connectivity index (χ1v) is 11.7. The number of amides is 2. The SMILES string of the molecule is CC(=O)N1CCCC[C@@H]1C(=O)Nc1ccc(O[C@H]2CCN(c3ccc(Cl)cc3)C2)c(Cl)c1. The van der Waals surface area contributed by atoms with Crippen LogP contribution in [0.5, 0.6) is 5.75 Å². The highest BCUT2D eigenvalue weighted by atomic mass is 35.5. The van der Waals surface area contributed by atoms with Crippen molar-refractivity contribution in [2.75, 3.05) is 29.9 Å². The number of hydrogen-bond acceptors (Lipinski definition) is 4. The maximum atomic E-state index is 12.8. The fourth-order valence-electron chi connectivity index (χ4n) is 4.37. The van der Waals surface area contributed by atoms with Gasteiger partial charge in [0, 0.05) is 42.8 Å². The van der Waals surface area contributed by atoms with Crippen LogP contribution in [-0.4, -0.2) is 48.5 Å². The Bertz CT molecular complexity index is 983. The van der Waals surface area contributed by atoms with E-state index in [0.29, 0.717) is 29.4 Å². The third kappa shape index (κ3) is 5.30. The van der Waals surface area contributed by atoms with Gasteiger partial charge in [0.05, 0.1) is 11.6 Å². The Morgan fingerprint density at radius 3 is 2.53 bits per heavy atom. The number of nitrogens with one attached hydrogen (secondary N) is 1. The number of hydrogen-bond donors (Lipinski definition) is 1. The van der Waals surface area contributed by atoms with Crippen LogP contribution in [0.4, 0.5) is 11.4 Å². The number of likely N-dealkylation sites (tertiary alicyclic amines) is 1. The molecule has 0 aliphatic carbocycles. The zero-order valence-corrected chi connectivity index (χ0v) is 19.5. The van der Waals surface area contributed by atoms with E-state index >= 15 is 0 Å². The van der Waals surface area contributed by atoms with E-state index in [1.54, 1.807) is 23.1 Å². The van der Waals surface area contributed by atoms with E-state index in [1.807, 2.05) is 24.3 Å². The number of halogens is 2. The average Bonchev–Trinajstić information content (AvgIpc) is 3.24. The van der Waals surface area contributed by atoms with E-state index in [-0.39, 0.29) is 17.9 Å². The molecule has 0 spiro atoms. The first-order valence-electron chi connectivity index (χ1n) is 11.0. The van der Waals surface area contributed by atoms with E-state index in [9.17, 15) is 9.59 Å². The minimum atomic E-state index is -0.437. The highest BCUT2D eigenvalue weighted by molar-refractivity contribution is 6.32. The monoisotopic (exact) mass is 475 g/mol. The first kappa shape index (κ1) is 22.7. The van der Waals surface area contributed by atoms with Crippen LogP contribution in [0.25, 0.3) is 0 Å². The summed E-state index contributed by atoms with van der Waals surface area (Å²) in [6.07, 6.45) is 3.45. The summed E-state index contributed by atoms with van der Waals surface area (Å²) in [5.74, 6) is 0.338. The van der Waals surface area contributed by atoms with Crippen molar-refractivity contribution in [3.63, 3.8) is 0 Å². The molecule has 2 amide bonds. The third-order valence-corrected chi connectivity index (χ3v) is 6.59. The summed E-state index contributed by atoms with van der Waals surface area (Å²) in [6.45, 7) is 3.78. The van der Waals surface area contributed by atoms with Gasteiger partial charge in [-0.15, -0.1) is 0 Å². The summed E-state index contributed by atoms with van der Waals surface area (Å²) < 4.78 is 6.14. The molecule has 32 heavy (non-hydrogen) atoms. The number of rotatable bonds is 5. The molecule has 8 heteroatoms. The molecule has 2 aliphatic heterocycles. The van der Waals surface area contributed by atoms with Gasteiger partial charge in [0.2, 0.25) is 11.8 Å². The highest BCUT2D eigenvalue weighted by Crippen LogP contribution is 2.31. The molecule has 0 unspecified atom stereocenters. The van der Waals surface area contributed by atoms with Gasteiger partial charge in [-0.1, -0.05) is 23.2 Å². The van der Waals surface area contributed by atoms with Crippen molar-refractivity contribution in [2.45, 2.75) is 44.8 Å². The number of ether oxygens (including phenoxy) is 1. The number of carbonyl (C=O) groups excluding carboxylic acids is 2. The van der Waals surface area contributed by atoms with Crippen LogP contribution in [0.2, 0.25) is 10.0 Å². The van der Waals surface area contributed by atoms with Crippen molar-refractivity contribution in [3.8, 4) is 5.75 Å². The van der Waals surface area contributed by atoms with Gasteiger partial charge in [-0.2, -0.15) is 0 Å². The summed E-state index contributed by atoms with van der Waals surface area (Å²) >= 11 is 12.4. The molecule has 2 aromatic carbocycles. The van der Waals surface area contributed by atoms with E-state index in [0.717, 1.165) is 43.1 Å². The summed E-state index contributed by atoms with van der Waals surface area (Å²) in [7, 11) is 0. The topological polar surface area (TPSA) is 61.9 Å². The van der Waals surface area contributed by atoms with Crippen molar-refractivity contribution in [1.29, 1.82) is 0 Å². The maximum Gasteiger partial charge on any atom is 0.247 e. The van der Waals surface area contributed by atoms with Gasteiger partial charge in [-0.3, -0.25) is 9.59 Å². The molecule has 2 aliphatic rings. The van der Waals surface area contributed by atoms with Crippen LogP contribution in [0.15, 0.2) is 42.5 Å². The summed E-state index contributed by atoms with van der Waals surface area (Å²) in [6, 6.07) is 12.6. The van der Waals surface area contributed by atoms with Crippen LogP contribution >= 0.6 is 23.2 Å². The van der Waals surface area contributed by atoms with Crippen LogP contribution in [0, 0.1) is 0 Å². The second-order valence-corrected chi connectivity index (χ2v) is 9.15. The lowest BCUT2D eigenvalue weighted by molar-refractivity contribution is -0.138. The minimum absolute atomic E-state index is 0.0231. The van der Waals surface area contributed by atoms with E-state index in [2.05, 4.69) is 10.2 Å². The zero-order valence-electron chi connectivity index (χ0n) is 18.0. The van der Waals surface area contributed by atoms with Crippen LogP contribution < -0.4 is 15.0 Å². The molecule has 4 rings (SSSR count). The molecule has 2 fully saturated rings. The predicted octanol–water partition coefficient (Wildman–Crippen LogP) is 4.99. The van der Waals surface area contributed by atoms with E-state index < -0.39 is 6.04 Å². The third-order valence-electron chi connectivity index (χ3n) is 6.04. The van der Waals surface area contributed by atoms with Gasteiger partial charge >= 0.3 is 0 Å². The summed E-state index contributed by atoms with van der Waals surface area (Å²) in [4.78, 5) is 28.5. The lowest BCUT2D eigenvalue weighted by Crippen LogP contribution is -2.49. The van der Waals surface area contributed by atoms with Crippen molar-refractivity contribution in [1.82, 2.24) is 4.90 Å². The Morgan fingerprint density at radius 1 is 1.03 bits per heavy atom. The smallest absolute Gasteiger partial charge is 0.247 e. The van der Waals surface area contributed by atoms with Crippen molar-refractivity contribution < 1.29 is 14.3 Å². The fraction of sp³-hybridized carbons (Fsp3) is 0.417. The molecule has 170 valence electrons. The van der Waals surface area contributed by atoms with Crippen molar-refractivity contribution in [2.24, 2.45) is 0 Å². The minimum Gasteiger partial charge on any atom is -0.487 e. The number of benzene rings is 2. The van der Waals surface area contributed by atoms with Gasteiger partial charge in [-0.05, 0) is 61.7 Å². The normalized spacial score (nSPS) is 20.8. The van der Waals surface area contributed by atoms with E-state index in [4.69, 9.17) is 27.9 Å². The van der Waals surface area contributed by atoms with Crippen molar-refractivity contribution in [3.05, 3.63) is 52.5 Å². The van der Waals surface area contributed by atoms with Gasteiger partial charge in [0.1, 0.15) is 17.9 Å². The Morgan fingerprint density at radius 2 is 1.81 bits per heavy atom.